The molecule has 0 saturated carbocycles. The molecule has 0 aromatic carbocycles. The van der Waals surface area contributed by atoms with Crippen LogP contribution in [0.1, 0.15) is 25.7 Å². The van der Waals surface area contributed by atoms with Crippen LogP contribution in [-0.2, 0) is 26.2 Å². The Labute approximate surface area is 131 Å². The van der Waals surface area contributed by atoms with Gasteiger partial charge in [-0.3, -0.25) is 0 Å². The molecule has 0 bridgehead atoms. The largest absolute Gasteiger partial charge is 0.243 e. The van der Waals surface area contributed by atoms with Crippen molar-refractivity contribution in [1.82, 2.24) is 9.13 Å². The van der Waals surface area contributed by atoms with E-state index in [1.807, 2.05) is 0 Å². The first-order chi connectivity index (χ1) is 10.8. The summed E-state index contributed by atoms with van der Waals surface area (Å²) in [5.41, 5.74) is 0. The predicted octanol–water partition coefficient (Wildman–Crippen LogP) is 1.17. The second-order valence-corrected chi connectivity index (χ2v) is 5.30. The molecule has 0 N–H and O–H groups in total. The normalized spacial score (nSPS) is 10.3. The van der Waals surface area contributed by atoms with E-state index in [0.29, 0.717) is 12.8 Å². The average Bonchev–Trinajstić information content (AvgIpc) is 3.15. The summed E-state index contributed by atoms with van der Waals surface area (Å²) < 4.78 is 8.56. The van der Waals surface area contributed by atoms with Crippen molar-refractivity contribution < 1.29 is 9.13 Å². The van der Waals surface area contributed by atoms with E-state index in [4.69, 9.17) is 10.5 Å². The van der Waals surface area contributed by atoms with Crippen molar-refractivity contribution >= 4 is 0 Å². The SMILES string of the molecule is N#CCCC[n+]1ccn(CCn2cc[n+](CCCC#N)c2)c1. The smallest absolute Gasteiger partial charge is 0.237 e. The van der Waals surface area contributed by atoms with E-state index >= 15 is 0 Å². The van der Waals surface area contributed by atoms with Crippen molar-refractivity contribution in [3.63, 3.8) is 0 Å². The highest BCUT2D eigenvalue weighted by Crippen LogP contribution is 1.93. The number of rotatable bonds is 9. The van der Waals surface area contributed by atoms with E-state index in [1.54, 1.807) is 0 Å². The Morgan fingerprint density at radius 2 is 1.23 bits per heavy atom. The molecule has 0 aliphatic rings. The molecule has 0 unspecified atom stereocenters. The van der Waals surface area contributed by atoms with Gasteiger partial charge in [0.2, 0.25) is 12.7 Å². The van der Waals surface area contributed by atoms with Crippen LogP contribution in [0.25, 0.3) is 0 Å². The zero-order valence-corrected chi connectivity index (χ0v) is 12.8. The predicted molar refractivity (Wildman–Crippen MR) is 78.9 cm³/mol. The lowest BCUT2D eigenvalue weighted by atomic mass is 10.3. The molecule has 0 atom stereocenters. The first kappa shape index (κ1) is 15.8. The van der Waals surface area contributed by atoms with Crippen LogP contribution in [0.15, 0.2) is 37.4 Å². The molecule has 0 radical (unpaired) electrons. The second kappa shape index (κ2) is 8.63. The Balaban J connectivity index is 1.76. The maximum Gasteiger partial charge on any atom is 0.243 e. The van der Waals surface area contributed by atoms with Gasteiger partial charge in [-0.15, -0.1) is 0 Å². The van der Waals surface area contributed by atoms with Crippen LogP contribution >= 0.6 is 0 Å². The molecule has 22 heavy (non-hydrogen) atoms. The van der Waals surface area contributed by atoms with Gasteiger partial charge in [0.15, 0.2) is 0 Å². The van der Waals surface area contributed by atoms with Crippen molar-refractivity contribution in [3.8, 4) is 12.1 Å². The molecule has 0 saturated heterocycles. The van der Waals surface area contributed by atoms with Crippen molar-refractivity contribution in [2.45, 2.75) is 51.9 Å². The van der Waals surface area contributed by atoms with Gasteiger partial charge in [-0.2, -0.15) is 10.5 Å². The van der Waals surface area contributed by atoms with Gasteiger partial charge in [0.25, 0.3) is 0 Å². The lowest BCUT2D eigenvalue weighted by molar-refractivity contribution is -0.697. The number of hydrogen-bond donors (Lipinski definition) is 0. The average molecular weight is 298 g/mol. The van der Waals surface area contributed by atoms with Gasteiger partial charge in [0, 0.05) is 12.8 Å². The van der Waals surface area contributed by atoms with Crippen molar-refractivity contribution in [2.75, 3.05) is 0 Å². The highest BCUT2D eigenvalue weighted by Gasteiger charge is 2.07. The van der Waals surface area contributed by atoms with Crippen LogP contribution in [0.4, 0.5) is 0 Å². The highest BCUT2D eigenvalue weighted by molar-refractivity contribution is 4.71. The lowest BCUT2D eigenvalue weighted by Crippen LogP contribution is -2.31. The number of aromatic nitrogens is 4. The van der Waals surface area contributed by atoms with E-state index < -0.39 is 0 Å². The van der Waals surface area contributed by atoms with E-state index in [2.05, 4.69) is 67.8 Å². The van der Waals surface area contributed by atoms with Crippen LogP contribution in [0, 0.1) is 22.7 Å². The number of imidazole rings is 2. The Kier molecular flexibility index (Phi) is 6.19. The standard InChI is InChI=1S/C16H22N6/c17-5-1-3-7-19-9-11-21(15-19)13-14-22-12-10-20(16-22)8-4-2-6-18/h9-12,15-16H,1-4,7-8,13-14H2/q+2. The molecule has 0 spiro atoms. The Hall–Kier alpha value is -2.60. The monoisotopic (exact) mass is 298 g/mol. The number of hydrogen-bond acceptors (Lipinski definition) is 2. The van der Waals surface area contributed by atoms with Gasteiger partial charge < -0.3 is 0 Å². The van der Waals surface area contributed by atoms with Crippen LogP contribution in [0.5, 0.6) is 0 Å². The van der Waals surface area contributed by atoms with E-state index in [0.717, 1.165) is 39.0 Å². The summed E-state index contributed by atoms with van der Waals surface area (Å²) in [4.78, 5) is 0. The minimum Gasteiger partial charge on any atom is -0.237 e. The fourth-order valence-electron chi connectivity index (χ4n) is 2.32. The molecule has 0 amide bonds. The van der Waals surface area contributed by atoms with Gasteiger partial charge >= 0.3 is 0 Å². The summed E-state index contributed by atoms with van der Waals surface area (Å²) in [5, 5.41) is 17.1. The summed E-state index contributed by atoms with van der Waals surface area (Å²) in [6.07, 6.45) is 15.4. The maximum atomic E-state index is 8.54. The highest BCUT2D eigenvalue weighted by atomic mass is 15.2. The first-order valence-electron chi connectivity index (χ1n) is 7.65. The van der Waals surface area contributed by atoms with Crippen LogP contribution in [0.3, 0.4) is 0 Å². The Morgan fingerprint density at radius 3 is 1.64 bits per heavy atom. The summed E-state index contributed by atoms with van der Waals surface area (Å²) in [7, 11) is 0. The second-order valence-electron chi connectivity index (χ2n) is 5.30. The fourth-order valence-corrected chi connectivity index (χ4v) is 2.32. The third kappa shape index (κ3) is 5.06. The molecule has 2 heterocycles. The summed E-state index contributed by atoms with van der Waals surface area (Å²) in [6.45, 7) is 3.61. The van der Waals surface area contributed by atoms with Gasteiger partial charge in [0.1, 0.15) is 37.9 Å². The first-order valence-corrected chi connectivity index (χ1v) is 7.65. The minimum atomic E-state index is 0.605. The zero-order chi connectivity index (χ0) is 15.6. The van der Waals surface area contributed by atoms with Crippen LogP contribution in [-0.4, -0.2) is 9.13 Å². The number of nitriles is 2. The van der Waals surface area contributed by atoms with Crippen LogP contribution < -0.4 is 9.13 Å². The Bertz CT molecular complexity index is 596. The third-order valence-corrected chi connectivity index (χ3v) is 3.52. The number of nitrogens with zero attached hydrogens (tertiary/aromatic N) is 6. The Morgan fingerprint density at radius 1 is 0.773 bits per heavy atom. The van der Waals surface area contributed by atoms with Gasteiger partial charge in [0.05, 0.1) is 25.2 Å². The molecular weight excluding hydrogens is 276 g/mol. The number of aryl methyl sites for hydroxylation is 4. The molecule has 2 aromatic rings. The van der Waals surface area contributed by atoms with Crippen molar-refractivity contribution in [3.05, 3.63) is 37.4 Å². The summed E-state index contributed by atoms with van der Waals surface area (Å²) in [5.74, 6) is 0. The summed E-state index contributed by atoms with van der Waals surface area (Å²) >= 11 is 0. The molecule has 2 rings (SSSR count). The van der Waals surface area contributed by atoms with Crippen LogP contribution in [0.2, 0.25) is 0 Å². The van der Waals surface area contributed by atoms with Crippen molar-refractivity contribution in [1.29, 1.82) is 10.5 Å². The molecule has 6 heteroatoms. The van der Waals surface area contributed by atoms with E-state index in [9.17, 15) is 0 Å². The molecule has 0 aliphatic carbocycles. The minimum absolute atomic E-state index is 0.605. The maximum absolute atomic E-state index is 8.54. The molecule has 114 valence electrons. The molecular formula is C16H22N6+2. The summed E-state index contributed by atoms with van der Waals surface area (Å²) in [6, 6.07) is 4.34. The third-order valence-electron chi connectivity index (χ3n) is 3.52. The van der Waals surface area contributed by atoms with E-state index in [1.165, 1.54) is 0 Å². The van der Waals surface area contributed by atoms with Gasteiger partial charge in [-0.05, 0) is 12.8 Å². The molecule has 0 fully saturated rings. The fraction of sp³-hybridized carbons (Fsp3) is 0.500. The molecule has 6 nitrogen and oxygen atoms in total. The topological polar surface area (TPSA) is 65.2 Å². The van der Waals surface area contributed by atoms with E-state index in [-0.39, 0.29) is 0 Å². The van der Waals surface area contributed by atoms with Gasteiger partial charge in [-0.1, -0.05) is 0 Å². The zero-order valence-electron chi connectivity index (χ0n) is 12.8. The number of unbranched alkanes of at least 4 members (excludes halogenated alkanes) is 2. The van der Waals surface area contributed by atoms with Gasteiger partial charge in [-0.25, -0.2) is 18.3 Å². The quantitative estimate of drug-likeness (QED) is 0.515. The lowest BCUT2D eigenvalue weighted by Gasteiger charge is -1.95. The molecule has 0 aliphatic heterocycles. The molecule has 2 aromatic heterocycles. The van der Waals surface area contributed by atoms with Crippen molar-refractivity contribution in [2.24, 2.45) is 0 Å².